The van der Waals surface area contributed by atoms with E-state index >= 15 is 0 Å². The molecule has 0 saturated heterocycles. The molecule has 0 unspecified atom stereocenters. The Morgan fingerprint density at radius 3 is 2.39 bits per heavy atom. The van der Waals surface area contributed by atoms with Gasteiger partial charge in [-0.3, -0.25) is 0 Å². The highest BCUT2D eigenvalue weighted by Gasteiger charge is 2.21. The minimum absolute atomic E-state index is 0.440. The second-order valence-electron chi connectivity index (χ2n) is 5.05. The van der Waals surface area contributed by atoms with Crippen LogP contribution in [-0.2, 0) is 10.0 Å². The quantitative estimate of drug-likeness (QED) is 0.829. The third-order valence-electron chi connectivity index (χ3n) is 2.14. The number of hydrogen-bond donors (Lipinski definition) is 2. The van der Waals surface area contributed by atoms with E-state index in [1.807, 2.05) is 33.8 Å². The lowest BCUT2D eigenvalue weighted by Gasteiger charge is -2.25. The van der Waals surface area contributed by atoms with Crippen LogP contribution in [0.15, 0.2) is 6.07 Å². The van der Waals surface area contributed by atoms with Crippen molar-refractivity contribution >= 4 is 15.8 Å². The van der Waals surface area contributed by atoms with Crippen LogP contribution in [0.2, 0.25) is 0 Å². The highest BCUT2D eigenvalue weighted by Crippen LogP contribution is 2.09. The Morgan fingerprint density at radius 2 is 1.89 bits per heavy atom. The molecule has 1 aromatic heterocycles. The van der Waals surface area contributed by atoms with Crippen molar-refractivity contribution in [2.24, 2.45) is 0 Å². The average Bonchev–Trinajstić information content (AvgIpc) is 2.09. The van der Waals surface area contributed by atoms with Crippen LogP contribution in [0.25, 0.3) is 0 Å². The topological polar surface area (TPSA) is 84.0 Å². The molecule has 0 amide bonds. The summed E-state index contributed by atoms with van der Waals surface area (Å²) in [5.41, 5.74) is 0.291. The normalized spacial score (nSPS) is 12.5. The molecule has 0 saturated carbocycles. The molecule has 102 valence electrons. The maximum atomic E-state index is 11.2. The van der Waals surface area contributed by atoms with Crippen LogP contribution >= 0.6 is 0 Å². The maximum Gasteiger partial charge on any atom is 0.209 e. The van der Waals surface area contributed by atoms with E-state index in [0.29, 0.717) is 18.2 Å². The second-order valence-corrected chi connectivity index (χ2v) is 6.80. The van der Waals surface area contributed by atoms with Crippen LogP contribution in [0.5, 0.6) is 0 Å². The molecule has 0 aliphatic rings. The molecule has 18 heavy (non-hydrogen) atoms. The van der Waals surface area contributed by atoms with Crippen molar-refractivity contribution < 1.29 is 8.42 Å². The Morgan fingerprint density at radius 1 is 1.28 bits per heavy atom. The van der Waals surface area contributed by atoms with Gasteiger partial charge in [-0.2, -0.15) is 0 Å². The van der Waals surface area contributed by atoms with Gasteiger partial charge in [0.25, 0.3) is 0 Å². The van der Waals surface area contributed by atoms with Gasteiger partial charge in [0.1, 0.15) is 11.6 Å². The first-order valence-electron chi connectivity index (χ1n) is 5.62. The number of sulfonamides is 1. The van der Waals surface area contributed by atoms with Gasteiger partial charge in [0.2, 0.25) is 10.0 Å². The van der Waals surface area contributed by atoms with E-state index in [-0.39, 0.29) is 0 Å². The summed E-state index contributed by atoms with van der Waals surface area (Å²) in [6.07, 6.45) is 1.15. The summed E-state index contributed by atoms with van der Waals surface area (Å²) in [5, 5.41) is 3.11. The summed E-state index contributed by atoms with van der Waals surface area (Å²) in [5.74, 6) is 1.38. The molecule has 7 heteroatoms. The molecule has 0 aliphatic carbocycles. The Kier molecular flexibility index (Phi) is 4.28. The fourth-order valence-corrected chi connectivity index (χ4v) is 2.73. The van der Waals surface area contributed by atoms with Crippen LogP contribution in [0.4, 0.5) is 5.82 Å². The van der Waals surface area contributed by atoms with Gasteiger partial charge in [0.05, 0.1) is 6.26 Å². The van der Waals surface area contributed by atoms with E-state index in [1.54, 1.807) is 0 Å². The third kappa shape index (κ3) is 5.42. The van der Waals surface area contributed by atoms with Gasteiger partial charge >= 0.3 is 0 Å². The summed E-state index contributed by atoms with van der Waals surface area (Å²) in [7, 11) is -3.23. The number of aryl methyl sites for hydroxylation is 2. The van der Waals surface area contributed by atoms with Crippen molar-refractivity contribution in [3.05, 3.63) is 17.6 Å². The Labute approximate surface area is 108 Å². The Hall–Kier alpha value is -1.21. The largest absolute Gasteiger partial charge is 0.368 e. The third-order valence-corrected chi connectivity index (χ3v) is 3.06. The Balaban J connectivity index is 2.69. The first-order valence-corrected chi connectivity index (χ1v) is 7.52. The first-order chi connectivity index (χ1) is 8.07. The van der Waals surface area contributed by atoms with Crippen molar-refractivity contribution in [2.45, 2.75) is 33.2 Å². The molecular formula is C11H20N4O2S. The second kappa shape index (κ2) is 5.19. The van der Waals surface area contributed by atoms with Crippen molar-refractivity contribution in [3.8, 4) is 0 Å². The van der Waals surface area contributed by atoms with Gasteiger partial charge in [0.15, 0.2) is 0 Å². The highest BCUT2D eigenvalue weighted by molar-refractivity contribution is 7.88. The minimum Gasteiger partial charge on any atom is -0.368 e. The van der Waals surface area contributed by atoms with Crippen molar-refractivity contribution in [1.29, 1.82) is 0 Å². The number of aromatic nitrogens is 2. The van der Waals surface area contributed by atoms with Crippen LogP contribution in [-0.4, -0.2) is 36.7 Å². The molecule has 2 N–H and O–H groups in total. The number of anilines is 1. The van der Waals surface area contributed by atoms with Crippen molar-refractivity contribution in [1.82, 2.24) is 14.7 Å². The van der Waals surface area contributed by atoms with Crippen molar-refractivity contribution in [3.63, 3.8) is 0 Å². The SMILES string of the molecule is Cc1cc(NCC(C)(C)NS(C)(=O)=O)nc(C)n1. The van der Waals surface area contributed by atoms with Crippen molar-refractivity contribution in [2.75, 3.05) is 18.1 Å². The smallest absolute Gasteiger partial charge is 0.209 e. The lowest BCUT2D eigenvalue weighted by Crippen LogP contribution is -2.47. The van der Waals surface area contributed by atoms with E-state index < -0.39 is 15.6 Å². The molecule has 1 heterocycles. The standard InChI is InChI=1S/C11H20N4O2S/c1-8-6-10(14-9(2)13-8)12-7-11(3,4)15-18(5,16)17/h6,15H,7H2,1-5H3,(H,12,13,14). The molecule has 0 atom stereocenters. The summed E-state index contributed by atoms with van der Waals surface area (Å²) < 4.78 is 25.0. The van der Waals surface area contributed by atoms with E-state index in [2.05, 4.69) is 20.0 Å². The van der Waals surface area contributed by atoms with Gasteiger partial charge in [-0.15, -0.1) is 0 Å². The van der Waals surface area contributed by atoms with Crippen LogP contribution in [0, 0.1) is 13.8 Å². The molecule has 0 fully saturated rings. The zero-order valence-corrected chi connectivity index (χ0v) is 12.2. The number of nitrogens with one attached hydrogen (secondary N) is 2. The first kappa shape index (κ1) is 14.8. The summed E-state index contributed by atoms with van der Waals surface area (Å²) in [6.45, 7) is 7.76. The molecule has 0 bridgehead atoms. The number of hydrogen-bond acceptors (Lipinski definition) is 5. The molecule has 1 aromatic rings. The Bertz CT molecular complexity index is 506. The molecule has 1 rings (SSSR count). The molecule has 0 aliphatic heterocycles. The number of rotatable bonds is 5. The van der Waals surface area contributed by atoms with Gasteiger partial charge in [-0.25, -0.2) is 23.1 Å². The fraction of sp³-hybridized carbons (Fsp3) is 0.636. The van der Waals surface area contributed by atoms with Gasteiger partial charge in [-0.1, -0.05) is 0 Å². The average molecular weight is 272 g/mol. The van der Waals surface area contributed by atoms with E-state index in [4.69, 9.17) is 0 Å². The van der Waals surface area contributed by atoms with Crippen LogP contribution in [0.3, 0.4) is 0 Å². The zero-order valence-electron chi connectivity index (χ0n) is 11.4. The van der Waals surface area contributed by atoms with Gasteiger partial charge < -0.3 is 5.32 Å². The fourth-order valence-electron chi connectivity index (χ4n) is 1.66. The predicted octanol–water partition coefficient (Wildman–Crippen LogP) is 0.833. The zero-order chi connectivity index (χ0) is 14.0. The van der Waals surface area contributed by atoms with Crippen LogP contribution in [0.1, 0.15) is 25.4 Å². The van der Waals surface area contributed by atoms with E-state index in [9.17, 15) is 8.42 Å². The van der Waals surface area contributed by atoms with Crippen LogP contribution < -0.4 is 10.0 Å². The van der Waals surface area contributed by atoms with E-state index in [0.717, 1.165) is 11.9 Å². The predicted molar refractivity (Wildman–Crippen MR) is 72.1 cm³/mol. The lowest BCUT2D eigenvalue weighted by molar-refractivity contribution is 0.475. The molecular weight excluding hydrogens is 252 g/mol. The highest BCUT2D eigenvalue weighted by atomic mass is 32.2. The summed E-state index contributed by atoms with van der Waals surface area (Å²) in [6, 6.07) is 1.82. The number of nitrogens with zero attached hydrogens (tertiary/aromatic N) is 2. The molecule has 0 aromatic carbocycles. The maximum absolute atomic E-state index is 11.2. The molecule has 6 nitrogen and oxygen atoms in total. The lowest BCUT2D eigenvalue weighted by atomic mass is 10.1. The monoisotopic (exact) mass is 272 g/mol. The minimum atomic E-state index is -3.23. The molecule has 0 spiro atoms. The van der Waals surface area contributed by atoms with Gasteiger partial charge in [-0.05, 0) is 27.7 Å². The molecule has 0 radical (unpaired) electrons. The van der Waals surface area contributed by atoms with Gasteiger partial charge in [0, 0.05) is 23.8 Å². The summed E-state index contributed by atoms with van der Waals surface area (Å²) in [4.78, 5) is 8.41. The summed E-state index contributed by atoms with van der Waals surface area (Å²) >= 11 is 0. The van der Waals surface area contributed by atoms with E-state index in [1.165, 1.54) is 0 Å².